The van der Waals surface area contributed by atoms with Crippen LogP contribution in [0.4, 0.5) is 11.5 Å². The van der Waals surface area contributed by atoms with Gasteiger partial charge in [0.1, 0.15) is 0 Å². The Bertz CT molecular complexity index is 1280. The van der Waals surface area contributed by atoms with Crippen LogP contribution in [-0.2, 0) is 14.8 Å². The number of amides is 1. The molecule has 0 saturated carbocycles. The lowest BCUT2D eigenvalue weighted by Crippen LogP contribution is -2.40. The van der Waals surface area contributed by atoms with Crippen LogP contribution in [0.5, 0.6) is 0 Å². The van der Waals surface area contributed by atoms with E-state index < -0.39 is 10.0 Å². The van der Waals surface area contributed by atoms with Gasteiger partial charge in [0.2, 0.25) is 10.0 Å². The molecule has 0 bridgehead atoms. The molecule has 10 heteroatoms. The van der Waals surface area contributed by atoms with Gasteiger partial charge in [-0.2, -0.15) is 4.31 Å². The molecule has 0 unspecified atom stereocenters. The zero-order valence-corrected chi connectivity index (χ0v) is 20.8. The highest BCUT2D eigenvalue weighted by Crippen LogP contribution is 2.23. The van der Waals surface area contributed by atoms with E-state index in [0.717, 1.165) is 30.2 Å². The number of benzene rings is 2. The molecule has 1 aromatic heterocycles. The molecule has 3 aromatic rings. The van der Waals surface area contributed by atoms with Crippen molar-refractivity contribution in [2.45, 2.75) is 24.2 Å². The minimum absolute atomic E-state index is 0.165. The van der Waals surface area contributed by atoms with Gasteiger partial charge in [-0.05, 0) is 67.8 Å². The van der Waals surface area contributed by atoms with Gasteiger partial charge in [-0.15, -0.1) is 10.2 Å². The van der Waals surface area contributed by atoms with Crippen molar-refractivity contribution >= 4 is 27.4 Å². The van der Waals surface area contributed by atoms with Gasteiger partial charge in [0, 0.05) is 43.0 Å². The summed E-state index contributed by atoms with van der Waals surface area (Å²) in [6.45, 7) is 3.47. The van der Waals surface area contributed by atoms with Gasteiger partial charge in [0.15, 0.2) is 5.82 Å². The Kier molecular flexibility index (Phi) is 7.26. The minimum Gasteiger partial charge on any atom is -0.379 e. The second kappa shape index (κ2) is 10.7. The summed E-state index contributed by atoms with van der Waals surface area (Å²) in [4.78, 5) is 15.1. The number of carbonyl (C=O) groups is 1. The molecule has 1 N–H and O–H groups in total. The summed E-state index contributed by atoms with van der Waals surface area (Å²) in [6, 6.07) is 17.4. The van der Waals surface area contributed by atoms with E-state index in [1.165, 1.54) is 47.8 Å². The van der Waals surface area contributed by atoms with Crippen LogP contribution in [0.25, 0.3) is 11.3 Å². The van der Waals surface area contributed by atoms with E-state index in [2.05, 4.69) is 20.4 Å². The summed E-state index contributed by atoms with van der Waals surface area (Å²) in [6.07, 6.45) is 3.65. The summed E-state index contributed by atoms with van der Waals surface area (Å²) < 4.78 is 32.2. The van der Waals surface area contributed by atoms with Crippen molar-refractivity contribution in [1.29, 1.82) is 0 Å². The maximum absolute atomic E-state index is 12.8. The number of nitrogens with zero attached hydrogens (tertiary/aromatic N) is 4. The van der Waals surface area contributed by atoms with E-state index in [-0.39, 0.29) is 10.8 Å². The number of sulfonamides is 1. The quantitative estimate of drug-likeness (QED) is 0.545. The molecule has 36 heavy (non-hydrogen) atoms. The van der Waals surface area contributed by atoms with Gasteiger partial charge in [-0.25, -0.2) is 8.42 Å². The molecular formula is C26H29N5O4S. The van der Waals surface area contributed by atoms with Crippen molar-refractivity contribution in [1.82, 2.24) is 14.5 Å². The highest BCUT2D eigenvalue weighted by atomic mass is 32.2. The number of hydrogen-bond donors (Lipinski definition) is 1. The summed E-state index contributed by atoms with van der Waals surface area (Å²) >= 11 is 0. The zero-order valence-electron chi connectivity index (χ0n) is 20.0. The number of aromatic nitrogens is 2. The van der Waals surface area contributed by atoms with Crippen LogP contribution in [0, 0.1) is 0 Å². The maximum atomic E-state index is 12.8. The van der Waals surface area contributed by atoms with Crippen LogP contribution in [0.15, 0.2) is 65.6 Å². The summed E-state index contributed by atoms with van der Waals surface area (Å²) in [5.74, 6) is 0.592. The third-order valence-corrected chi connectivity index (χ3v) is 8.41. The van der Waals surface area contributed by atoms with E-state index in [0.29, 0.717) is 37.6 Å². The summed E-state index contributed by atoms with van der Waals surface area (Å²) in [5.41, 5.74) is 2.68. The number of hydrogen-bond acceptors (Lipinski definition) is 7. The lowest BCUT2D eigenvalue weighted by Gasteiger charge is -2.27. The molecule has 2 aliphatic heterocycles. The number of carbonyl (C=O) groups excluding carboxylic acids is 1. The van der Waals surface area contributed by atoms with Crippen LogP contribution in [0.2, 0.25) is 0 Å². The lowest BCUT2D eigenvalue weighted by atomic mass is 10.1. The van der Waals surface area contributed by atoms with Gasteiger partial charge in [0.05, 0.1) is 23.8 Å². The molecule has 0 atom stereocenters. The molecule has 188 valence electrons. The molecule has 5 rings (SSSR count). The number of anilines is 2. The zero-order chi connectivity index (χ0) is 25.0. The normalized spacial score (nSPS) is 17.1. The smallest absolute Gasteiger partial charge is 0.255 e. The Hall–Kier alpha value is -3.34. The minimum atomic E-state index is -3.60. The van der Waals surface area contributed by atoms with Gasteiger partial charge in [-0.3, -0.25) is 4.79 Å². The Labute approximate surface area is 211 Å². The SMILES string of the molecule is O=C(Nc1ccc(-c2ccc(N3CCCCC3)nn2)cc1)c1ccc(S(=O)(=O)N2CCOCC2)cc1. The van der Waals surface area contributed by atoms with Crippen molar-refractivity contribution < 1.29 is 17.9 Å². The average molecular weight is 508 g/mol. The predicted octanol–water partition coefficient (Wildman–Crippen LogP) is 3.41. The van der Waals surface area contributed by atoms with E-state index in [4.69, 9.17) is 4.74 Å². The van der Waals surface area contributed by atoms with Crippen molar-refractivity contribution in [3.05, 3.63) is 66.2 Å². The highest BCUT2D eigenvalue weighted by Gasteiger charge is 2.26. The Balaban J connectivity index is 1.21. The Morgan fingerprint density at radius 2 is 1.50 bits per heavy atom. The number of rotatable bonds is 6. The first-order valence-electron chi connectivity index (χ1n) is 12.2. The molecule has 0 radical (unpaired) electrons. The molecular weight excluding hydrogens is 478 g/mol. The Morgan fingerprint density at radius 3 is 2.14 bits per heavy atom. The van der Waals surface area contributed by atoms with Crippen molar-refractivity contribution in [3.8, 4) is 11.3 Å². The van der Waals surface area contributed by atoms with E-state index in [1.807, 2.05) is 36.4 Å². The number of ether oxygens (including phenoxy) is 1. The lowest BCUT2D eigenvalue weighted by molar-refractivity contribution is 0.0730. The molecule has 2 aliphatic rings. The molecule has 2 aromatic carbocycles. The van der Waals surface area contributed by atoms with Crippen LogP contribution in [-0.4, -0.2) is 68.2 Å². The third kappa shape index (κ3) is 5.40. The third-order valence-electron chi connectivity index (χ3n) is 6.49. The van der Waals surface area contributed by atoms with Gasteiger partial charge < -0.3 is 15.0 Å². The first-order chi connectivity index (χ1) is 17.5. The van der Waals surface area contributed by atoms with Crippen LogP contribution in [0.1, 0.15) is 29.6 Å². The fourth-order valence-electron chi connectivity index (χ4n) is 4.41. The largest absolute Gasteiger partial charge is 0.379 e. The molecule has 0 spiro atoms. The van der Waals surface area contributed by atoms with Crippen LogP contribution >= 0.6 is 0 Å². The molecule has 1 amide bonds. The van der Waals surface area contributed by atoms with Gasteiger partial charge in [0.25, 0.3) is 5.91 Å². The fraction of sp³-hybridized carbons (Fsp3) is 0.346. The first-order valence-corrected chi connectivity index (χ1v) is 13.6. The Morgan fingerprint density at radius 1 is 0.806 bits per heavy atom. The van der Waals surface area contributed by atoms with Crippen molar-refractivity contribution in [2.75, 3.05) is 49.6 Å². The molecule has 2 saturated heterocycles. The molecule has 3 heterocycles. The second-order valence-corrected chi connectivity index (χ2v) is 10.8. The summed E-state index contributed by atoms with van der Waals surface area (Å²) in [5, 5.41) is 11.6. The molecule has 2 fully saturated rings. The second-order valence-electron chi connectivity index (χ2n) is 8.90. The number of nitrogens with one attached hydrogen (secondary N) is 1. The van der Waals surface area contributed by atoms with E-state index in [1.54, 1.807) is 0 Å². The van der Waals surface area contributed by atoms with Crippen LogP contribution < -0.4 is 10.2 Å². The predicted molar refractivity (Wildman–Crippen MR) is 138 cm³/mol. The van der Waals surface area contributed by atoms with Crippen molar-refractivity contribution in [3.63, 3.8) is 0 Å². The van der Waals surface area contributed by atoms with E-state index in [9.17, 15) is 13.2 Å². The van der Waals surface area contributed by atoms with Gasteiger partial charge >= 0.3 is 0 Å². The number of piperidine rings is 1. The monoisotopic (exact) mass is 507 g/mol. The highest BCUT2D eigenvalue weighted by molar-refractivity contribution is 7.89. The number of morpholine rings is 1. The fourth-order valence-corrected chi connectivity index (χ4v) is 5.82. The maximum Gasteiger partial charge on any atom is 0.255 e. The molecule has 9 nitrogen and oxygen atoms in total. The topological polar surface area (TPSA) is 105 Å². The standard InChI is InChI=1S/C26H29N5O4S/c32-26(21-6-10-23(11-7-21)36(33,34)31-16-18-35-19-17-31)27-22-8-4-20(5-9-22)24-12-13-25(29-28-24)30-14-2-1-3-15-30/h4-13H,1-3,14-19H2,(H,27,32). The van der Waals surface area contributed by atoms with Crippen molar-refractivity contribution in [2.24, 2.45) is 0 Å². The van der Waals surface area contributed by atoms with E-state index >= 15 is 0 Å². The summed E-state index contributed by atoms with van der Waals surface area (Å²) in [7, 11) is -3.60. The first kappa shape index (κ1) is 24.4. The van der Waals surface area contributed by atoms with Crippen LogP contribution in [0.3, 0.4) is 0 Å². The van der Waals surface area contributed by atoms with Gasteiger partial charge in [-0.1, -0.05) is 12.1 Å². The molecule has 0 aliphatic carbocycles. The average Bonchev–Trinajstić information content (AvgIpc) is 2.94.